The fraction of sp³-hybridized carbons (Fsp3) is 0.875. The number of hydrogen-bond acceptors (Lipinski definition) is 1. The number of carbonyl (C=O) groups is 1. The SMILES string of the molecule is B.CCCCC(CC)C(=O)O.[Nb]. The summed E-state index contributed by atoms with van der Waals surface area (Å²) in [6, 6.07) is 0. The van der Waals surface area contributed by atoms with Gasteiger partial charge in [-0.25, -0.2) is 0 Å². The molecule has 1 N–H and O–H groups in total. The van der Waals surface area contributed by atoms with Crippen LogP contribution in [0.5, 0.6) is 0 Å². The molecule has 1 atom stereocenters. The van der Waals surface area contributed by atoms with Crippen LogP contribution in [0.2, 0.25) is 0 Å². The van der Waals surface area contributed by atoms with Crippen LogP contribution in [0.3, 0.4) is 0 Å². The van der Waals surface area contributed by atoms with Gasteiger partial charge in [0, 0.05) is 22.4 Å². The molecule has 0 saturated carbocycles. The molecule has 0 heterocycles. The van der Waals surface area contributed by atoms with Gasteiger partial charge in [-0.15, -0.1) is 0 Å². The molecular weight excluding hydrogens is 232 g/mol. The van der Waals surface area contributed by atoms with Crippen LogP contribution in [0.1, 0.15) is 39.5 Å². The molecular formula is C8H19BNbO2. The second-order valence-electron chi connectivity index (χ2n) is 2.59. The fourth-order valence-corrected chi connectivity index (χ4v) is 0.953. The van der Waals surface area contributed by atoms with Crippen LogP contribution < -0.4 is 0 Å². The number of unbranched alkanes of at least 4 members (excludes halogenated alkanes) is 1. The topological polar surface area (TPSA) is 37.3 Å². The predicted octanol–water partition coefficient (Wildman–Crippen LogP) is 1.10. The Hall–Kier alpha value is 0.275. The number of rotatable bonds is 5. The molecule has 4 heteroatoms. The molecule has 0 spiro atoms. The van der Waals surface area contributed by atoms with Gasteiger partial charge in [-0.3, -0.25) is 4.79 Å². The number of hydrogen-bond donors (Lipinski definition) is 1. The van der Waals surface area contributed by atoms with Crippen molar-refractivity contribution >= 4 is 14.4 Å². The largest absolute Gasteiger partial charge is 0.481 e. The summed E-state index contributed by atoms with van der Waals surface area (Å²) in [7, 11) is 0. The Labute approximate surface area is 92.2 Å². The summed E-state index contributed by atoms with van der Waals surface area (Å²) in [6.07, 6.45) is 3.71. The van der Waals surface area contributed by atoms with Gasteiger partial charge < -0.3 is 5.11 Å². The summed E-state index contributed by atoms with van der Waals surface area (Å²) >= 11 is 0. The molecule has 2 nitrogen and oxygen atoms in total. The zero-order valence-corrected chi connectivity index (χ0v) is 9.41. The van der Waals surface area contributed by atoms with Gasteiger partial charge in [-0.05, 0) is 12.8 Å². The van der Waals surface area contributed by atoms with Crippen molar-refractivity contribution in [3.63, 3.8) is 0 Å². The first-order chi connectivity index (χ1) is 4.72. The van der Waals surface area contributed by atoms with Crippen molar-refractivity contribution in [2.75, 3.05) is 0 Å². The molecule has 0 aliphatic rings. The number of carboxylic acid groups (broad SMARTS) is 1. The van der Waals surface area contributed by atoms with E-state index in [4.69, 9.17) is 5.11 Å². The van der Waals surface area contributed by atoms with Crippen LogP contribution in [-0.2, 0) is 27.2 Å². The summed E-state index contributed by atoms with van der Waals surface area (Å²) in [4.78, 5) is 10.4. The minimum atomic E-state index is -0.643. The van der Waals surface area contributed by atoms with Gasteiger partial charge in [0.15, 0.2) is 0 Å². The van der Waals surface area contributed by atoms with Gasteiger partial charge in [0.25, 0.3) is 0 Å². The van der Waals surface area contributed by atoms with E-state index in [-0.39, 0.29) is 36.7 Å². The Kier molecular flexibility index (Phi) is 17.0. The maximum Gasteiger partial charge on any atom is 0.306 e. The summed E-state index contributed by atoms with van der Waals surface area (Å²) in [5.74, 6) is -0.754. The first-order valence-corrected chi connectivity index (χ1v) is 3.95. The Balaban J connectivity index is -0.000000405. The van der Waals surface area contributed by atoms with Crippen molar-refractivity contribution in [3.05, 3.63) is 0 Å². The third kappa shape index (κ3) is 8.37. The molecule has 0 aromatic heterocycles. The van der Waals surface area contributed by atoms with E-state index >= 15 is 0 Å². The van der Waals surface area contributed by atoms with Crippen molar-refractivity contribution < 1.29 is 32.3 Å². The summed E-state index contributed by atoms with van der Waals surface area (Å²) < 4.78 is 0. The van der Waals surface area contributed by atoms with Crippen molar-refractivity contribution in [2.24, 2.45) is 5.92 Å². The molecule has 12 heavy (non-hydrogen) atoms. The Bertz CT molecular complexity index is 109. The fourth-order valence-electron chi connectivity index (χ4n) is 0.953. The average Bonchev–Trinajstić information content (AvgIpc) is 1.89. The van der Waals surface area contributed by atoms with E-state index in [1.807, 2.05) is 6.92 Å². The second kappa shape index (κ2) is 11.3. The van der Waals surface area contributed by atoms with Crippen LogP contribution >= 0.6 is 0 Å². The Morgan fingerprint density at radius 1 is 1.42 bits per heavy atom. The smallest absolute Gasteiger partial charge is 0.306 e. The second-order valence-corrected chi connectivity index (χ2v) is 2.59. The number of carboxylic acids is 1. The van der Waals surface area contributed by atoms with Gasteiger partial charge in [-0.2, -0.15) is 0 Å². The minimum Gasteiger partial charge on any atom is -0.481 e. The zero-order chi connectivity index (χ0) is 7.98. The van der Waals surface area contributed by atoms with E-state index < -0.39 is 5.97 Å². The van der Waals surface area contributed by atoms with Crippen molar-refractivity contribution in [1.82, 2.24) is 0 Å². The molecule has 0 aromatic carbocycles. The van der Waals surface area contributed by atoms with E-state index in [1.165, 1.54) is 0 Å². The predicted molar refractivity (Wildman–Crippen MR) is 50.9 cm³/mol. The maximum absolute atomic E-state index is 10.4. The van der Waals surface area contributed by atoms with Gasteiger partial charge in [0.2, 0.25) is 0 Å². The molecule has 1 unspecified atom stereocenters. The third-order valence-corrected chi connectivity index (χ3v) is 1.75. The average molecular weight is 251 g/mol. The summed E-state index contributed by atoms with van der Waals surface area (Å²) in [6.45, 7) is 4.00. The third-order valence-electron chi connectivity index (χ3n) is 1.75. The van der Waals surface area contributed by atoms with Gasteiger partial charge in [0.05, 0.1) is 14.3 Å². The van der Waals surface area contributed by atoms with E-state index in [0.717, 1.165) is 25.7 Å². The Morgan fingerprint density at radius 3 is 2.17 bits per heavy atom. The van der Waals surface area contributed by atoms with Crippen LogP contribution in [0.4, 0.5) is 0 Å². The van der Waals surface area contributed by atoms with Gasteiger partial charge in [-0.1, -0.05) is 26.7 Å². The van der Waals surface area contributed by atoms with Crippen LogP contribution in [0, 0.1) is 5.92 Å². The zero-order valence-electron chi connectivity index (χ0n) is 7.21. The maximum atomic E-state index is 10.4. The van der Waals surface area contributed by atoms with Gasteiger partial charge >= 0.3 is 5.97 Å². The molecule has 0 rings (SSSR count). The Morgan fingerprint density at radius 2 is 1.92 bits per heavy atom. The number of aliphatic carboxylic acids is 1. The van der Waals surface area contributed by atoms with E-state index in [2.05, 4.69) is 6.92 Å². The standard InChI is InChI=1S/C8H16O2.BH3.Nb/c1-3-5-6-7(4-2)8(9)10;;/h7H,3-6H2,1-2H3,(H,9,10);1H3;. The quantitative estimate of drug-likeness (QED) is 0.743. The molecule has 0 bridgehead atoms. The molecule has 0 fully saturated rings. The summed E-state index contributed by atoms with van der Waals surface area (Å²) in [5.41, 5.74) is 0. The van der Waals surface area contributed by atoms with Crippen LogP contribution in [-0.4, -0.2) is 19.5 Å². The summed E-state index contributed by atoms with van der Waals surface area (Å²) in [5, 5.41) is 8.60. The molecule has 0 saturated heterocycles. The van der Waals surface area contributed by atoms with Crippen LogP contribution in [0.15, 0.2) is 0 Å². The monoisotopic (exact) mass is 251 g/mol. The first-order valence-electron chi connectivity index (χ1n) is 3.95. The normalized spacial score (nSPS) is 10.8. The van der Waals surface area contributed by atoms with Crippen LogP contribution in [0.25, 0.3) is 0 Å². The molecule has 1 radical (unpaired) electrons. The van der Waals surface area contributed by atoms with Crippen molar-refractivity contribution in [2.45, 2.75) is 39.5 Å². The first kappa shape index (κ1) is 18.1. The van der Waals surface area contributed by atoms with Crippen molar-refractivity contribution in [3.8, 4) is 0 Å². The molecule has 0 aromatic rings. The van der Waals surface area contributed by atoms with E-state index in [1.54, 1.807) is 0 Å². The molecule has 71 valence electrons. The van der Waals surface area contributed by atoms with E-state index in [9.17, 15) is 4.79 Å². The van der Waals surface area contributed by atoms with Gasteiger partial charge in [0.1, 0.15) is 0 Å². The molecule has 0 aliphatic heterocycles. The molecule has 0 aliphatic carbocycles. The van der Waals surface area contributed by atoms with E-state index in [0.29, 0.717) is 0 Å². The minimum absolute atomic E-state index is 0. The molecule has 0 amide bonds. The van der Waals surface area contributed by atoms with Crippen molar-refractivity contribution in [1.29, 1.82) is 0 Å².